The van der Waals surface area contributed by atoms with Crippen LogP contribution in [0.5, 0.6) is 5.75 Å². The molecule has 0 atom stereocenters. The Hall–Kier alpha value is -2.59. The Morgan fingerprint density at radius 1 is 1.44 bits per heavy atom. The first-order valence-electron chi connectivity index (χ1n) is 6.87. The number of benzene rings is 1. The van der Waals surface area contributed by atoms with E-state index in [1.165, 1.54) is 38.5 Å². The van der Waals surface area contributed by atoms with E-state index in [1.807, 2.05) is 0 Å². The number of halogens is 1. The number of aryl methyl sites for hydroxylation is 1. The largest absolute Gasteiger partial charge is 0.507 e. The van der Waals surface area contributed by atoms with E-state index >= 15 is 0 Å². The van der Waals surface area contributed by atoms with Gasteiger partial charge >= 0.3 is 5.69 Å². The molecule has 0 aliphatic heterocycles. The summed E-state index contributed by atoms with van der Waals surface area (Å²) in [6.45, 7) is 0. The summed E-state index contributed by atoms with van der Waals surface area (Å²) in [5.41, 5.74) is 1.47. The predicted octanol–water partition coefficient (Wildman–Crippen LogP) is 0.0804. The van der Waals surface area contributed by atoms with Crippen LogP contribution in [0.15, 0.2) is 37.9 Å². The maximum absolute atomic E-state index is 11.9. The van der Waals surface area contributed by atoms with Gasteiger partial charge in [-0.2, -0.15) is 10.2 Å². The highest BCUT2D eigenvalue weighted by Gasteiger charge is 2.11. The van der Waals surface area contributed by atoms with E-state index < -0.39 is 17.2 Å². The quantitative estimate of drug-likeness (QED) is 0.429. The lowest BCUT2D eigenvalue weighted by molar-refractivity contribution is -0.118. The fourth-order valence-electron chi connectivity index (χ4n) is 1.73. The Kier molecular flexibility index (Phi) is 5.99. The number of aromatic nitrogens is 3. The number of hydrazone groups is 1. The van der Waals surface area contributed by atoms with Crippen LogP contribution in [0.1, 0.15) is 5.56 Å². The van der Waals surface area contributed by atoms with Gasteiger partial charge in [0.05, 0.1) is 12.0 Å². The van der Waals surface area contributed by atoms with Crippen molar-refractivity contribution in [3.05, 3.63) is 49.6 Å². The minimum absolute atomic E-state index is 0.0243. The van der Waals surface area contributed by atoms with Crippen molar-refractivity contribution in [2.24, 2.45) is 19.2 Å². The van der Waals surface area contributed by atoms with Gasteiger partial charge in [-0.3, -0.25) is 14.2 Å². The molecule has 9 nitrogen and oxygen atoms in total. The fourth-order valence-corrected chi connectivity index (χ4v) is 2.68. The second kappa shape index (κ2) is 7.99. The van der Waals surface area contributed by atoms with E-state index in [2.05, 4.69) is 15.6 Å². The normalized spacial score (nSPS) is 11.0. The zero-order chi connectivity index (χ0) is 18.6. The van der Waals surface area contributed by atoms with Crippen molar-refractivity contribution in [3.8, 4) is 5.75 Å². The average Bonchev–Trinajstić information content (AvgIpc) is 2.58. The van der Waals surface area contributed by atoms with E-state index in [0.717, 1.165) is 21.0 Å². The number of phenols is 1. The number of aromatic hydroxyl groups is 1. The van der Waals surface area contributed by atoms with Crippen LogP contribution in [-0.2, 0) is 18.9 Å². The fraction of sp³-hybridized carbons (Fsp3) is 0.214. The molecule has 0 radical (unpaired) electrons. The third-order valence-electron chi connectivity index (χ3n) is 3.01. The van der Waals surface area contributed by atoms with Crippen LogP contribution in [-0.4, -0.2) is 37.3 Å². The number of thioether (sulfide) groups is 1. The van der Waals surface area contributed by atoms with Crippen molar-refractivity contribution in [2.45, 2.75) is 5.03 Å². The lowest BCUT2D eigenvalue weighted by Gasteiger charge is -2.04. The van der Waals surface area contributed by atoms with Crippen molar-refractivity contribution in [1.82, 2.24) is 19.8 Å². The first-order valence-corrected chi connectivity index (χ1v) is 8.23. The number of carbonyl (C=O) groups is 1. The van der Waals surface area contributed by atoms with Gasteiger partial charge < -0.3 is 5.11 Å². The summed E-state index contributed by atoms with van der Waals surface area (Å²) in [5, 5.41) is 17.6. The Balaban J connectivity index is 1.98. The van der Waals surface area contributed by atoms with Gasteiger partial charge in [-0.05, 0) is 18.2 Å². The maximum atomic E-state index is 11.9. The number of phenolic OH excluding ortho intramolecular Hbond substituents is 1. The highest BCUT2D eigenvalue weighted by Crippen LogP contribution is 2.19. The molecule has 132 valence electrons. The predicted molar refractivity (Wildman–Crippen MR) is 94.3 cm³/mol. The maximum Gasteiger partial charge on any atom is 0.346 e. The molecule has 0 unspecified atom stereocenters. The van der Waals surface area contributed by atoms with Crippen LogP contribution < -0.4 is 16.7 Å². The molecule has 0 bridgehead atoms. The van der Waals surface area contributed by atoms with Gasteiger partial charge in [0.25, 0.3) is 5.56 Å². The Morgan fingerprint density at radius 2 is 2.16 bits per heavy atom. The zero-order valence-electron chi connectivity index (χ0n) is 13.3. The SMILES string of the molecule is Cn1nc(SCC(=O)N/N=C/c2cc(Cl)ccc2O)c(=O)n(C)c1=O. The molecular formula is C14H14ClN5O4S. The van der Waals surface area contributed by atoms with E-state index in [1.54, 1.807) is 0 Å². The van der Waals surface area contributed by atoms with Crippen molar-refractivity contribution >= 4 is 35.5 Å². The molecule has 2 N–H and O–H groups in total. The van der Waals surface area contributed by atoms with Gasteiger partial charge in [0.2, 0.25) is 5.91 Å². The second-order valence-corrected chi connectivity index (χ2v) is 6.26. The highest BCUT2D eigenvalue weighted by atomic mass is 35.5. The summed E-state index contributed by atoms with van der Waals surface area (Å²) in [5.74, 6) is -0.644. The Bertz CT molecular complexity index is 953. The molecule has 0 aliphatic carbocycles. The average molecular weight is 384 g/mol. The summed E-state index contributed by atoms with van der Waals surface area (Å²) < 4.78 is 1.93. The third kappa shape index (κ3) is 4.70. The van der Waals surface area contributed by atoms with Gasteiger partial charge in [-0.1, -0.05) is 23.4 Å². The van der Waals surface area contributed by atoms with Crippen LogP contribution in [0.25, 0.3) is 0 Å². The van der Waals surface area contributed by atoms with Crippen LogP contribution in [0.3, 0.4) is 0 Å². The Labute approximate surface area is 150 Å². The van der Waals surface area contributed by atoms with Gasteiger partial charge in [0.1, 0.15) is 5.75 Å². The molecule has 0 saturated heterocycles. The van der Waals surface area contributed by atoms with E-state index in [0.29, 0.717) is 10.6 Å². The molecular weight excluding hydrogens is 370 g/mol. The molecule has 0 fully saturated rings. The van der Waals surface area contributed by atoms with Gasteiger partial charge in [0, 0.05) is 24.7 Å². The van der Waals surface area contributed by atoms with Gasteiger partial charge in [0.15, 0.2) is 5.03 Å². The molecule has 1 aromatic heterocycles. The monoisotopic (exact) mass is 383 g/mol. The number of amides is 1. The second-order valence-electron chi connectivity index (χ2n) is 4.86. The Morgan fingerprint density at radius 3 is 2.88 bits per heavy atom. The standard InChI is InChI=1S/C14H14ClN5O4S/c1-19-13(23)12(18-20(2)14(19)24)25-7-11(22)17-16-6-8-5-9(15)3-4-10(8)21/h3-6,21H,7H2,1-2H3,(H,17,22)/b16-6+. The molecule has 1 heterocycles. The smallest absolute Gasteiger partial charge is 0.346 e. The minimum atomic E-state index is -0.576. The zero-order valence-corrected chi connectivity index (χ0v) is 14.8. The number of rotatable bonds is 5. The number of nitrogens with zero attached hydrogens (tertiary/aromatic N) is 4. The van der Waals surface area contributed by atoms with Crippen molar-refractivity contribution in [1.29, 1.82) is 0 Å². The van der Waals surface area contributed by atoms with Crippen molar-refractivity contribution in [2.75, 3.05) is 5.75 Å². The van der Waals surface area contributed by atoms with Crippen molar-refractivity contribution < 1.29 is 9.90 Å². The summed E-state index contributed by atoms with van der Waals surface area (Å²) in [4.78, 5) is 35.2. The summed E-state index contributed by atoms with van der Waals surface area (Å²) in [6, 6.07) is 4.41. The number of hydrogen-bond acceptors (Lipinski definition) is 7. The number of carbonyl (C=O) groups excluding carboxylic acids is 1. The number of hydrogen-bond donors (Lipinski definition) is 2. The van der Waals surface area contributed by atoms with Crippen LogP contribution in [0, 0.1) is 0 Å². The van der Waals surface area contributed by atoms with E-state index in [4.69, 9.17) is 11.6 Å². The van der Waals surface area contributed by atoms with Crippen LogP contribution >= 0.6 is 23.4 Å². The molecule has 0 aliphatic rings. The molecule has 0 spiro atoms. The van der Waals surface area contributed by atoms with Gasteiger partial charge in [-0.15, -0.1) is 0 Å². The molecule has 2 aromatic rings. The van der Waals surface area contributed by atoms with Crippen LogP contribution in [0.2, 0.25) is 5.02 Å². The van der Waals surface area contributed by atoms with Crippen molar-refractivity contribution in [3.63, 3.8) is 0 Å². The molecule has 2 rings (SSSR count). The molecule has 0 saturated carbocycles. The molecule has 1 amide bonds. The lowest BCUT2D eigenvalue weighted by Crippen LogP contribution is -2.39. The lowest BCUT2D eigenvalue weighted by atomic mass is 10.2. The topological polar surface area (TPSA) is 119 Å². The third-order valence-corrected chi connectivity index (χ3v) is 4.19. The minimum Gasteiger partial charge on any atom is -0.507 e. The van der Waals surface area contributed by atoms with Gasteiger partial charge in [-0.25, -0.2) is 14.9 Å². The van der Waals surface area contributed by atoms with Crippen LogP contribution in [0.4, 0.5) is 0 Å². The summed E-state index contributed by atoms with van der Waals surface area (Å²) in [6.07, 6.45) is 1.24. The molecule has 11 heteroatoms. The van der Waals surface area contributed by atoms with E-state index in [-0.39, 0.29) is 16.5 Å². The summed E-state index contributed by atoms with van der Waals surface area (Å²) >= 11 is 6.68. The first kappa shape index (κ1) is 18.7. The summed E-state index contributed by atoms with van der Waals surface area (Å²) in [7, 11) is 2.74. The van der Waals surface area contributed by atoms with E-state index in [9.17, 15) is 19.5 Å². The molecule has 25 heavy (non-hydrogen) atoms. The highest BCUT2D eigenvalue weighted by molar-refractivity contribution is 7.99. The molecule has 1 aromatic carbocycles. The number of nitrogens with one attached hydrogen (secondary N) is 1. The first-order chi connectivity index (χ1) is 11.8.